The molecule has 23 heavy (non-hydrogen) atoms. The van der Waals surface area contributed by atoms with Crippen LogP contribution in [-0.4, -0.2) is 65.5 Å². The van der Waals surface area contributed by atoms with Crippen molar-refractivity contribution in [2.75, 3.05) is 26.7 Å². The van der Waals surface area contributed by atoms with Crippen molar-refractivity contribution < 1.29 is 14.3 Å². The second-order valence-corrected chi connectivity index (χ2v) is 6.01. The number of hydrogen-bond donors (Lipinski definition) is 1. The van der Waals surface area contributed by atoms with Crippen molar-refractivity contribution in [3.05, 3.63) is 33.7 Å². The Morgan fingerprint density at radius 1 is 1.35 bits per heavy atom. The normalized spacial score (nSPS) is 24.5. The molecule has 2 aliphatic heterocycles. The second-order valence-electron chi connectivity index (χ2n) is 6.01. The minimum Gasteiger partial charge on any atom is -0.374 e. The van der Waals surface area contributed by atoms with E-state index in [1.165, 1.54) is 6.07 Å². The number of rotatable bonds is 2. The number of likely N-dealkylation sites (tertiary alicyclic amines) is 1. The topological polar surface area (TPSA) is 82.7 Å². The second kappa shape index (κ2) is 6.16. The standard InChI is InChI=1S/C16H21N3O4/c1-3-11-10(4-5-14(20)17-11)16(22)19-8-12-13(9-19)23-7-6-15(21)18(12)2/h4-5,12-13H,3,6-9H2,1-2H3,(H,17,20)/t12-,13-/m0/s1. The van der Waals surface area contributed by atoms with Gasteiger partial charge >= 0.3 is 0 Å². The molecular formula is C16H21N3O4. The Hall–Kier alpha value is -2.15. The number of carbonyl (C=O) groups excluding carboxylic acids is 2. The monoisotopic (exact) mass is 319 g/mol. The van der Waals surface area contributed by atoms with Gasteiger partial charge in [0.15, 0.2) is 0 Å². The molecule has 1 N–H and O–H groups in total. The number of H-pyrrole nitrogens is 1. The summed E-state index contributed by atoms with van der Waals surface area (Å²) in [7, 11) is 1.76. The zero-order chi connectivity index (χ0) is 16.6. The zero-order valence-electron chi connectivity index (χ0n) is 13.4. The molecule has 3 heterocycles. The number of likely N-dealkylation sites (N-methyl/N-ethyl adjacent to an activating group) is 1. The van der Waals surface area contributed by atoms with Crippen molar-refractivity contribution in [3.8, 4) is 0 Å². The fourth-order valence-corrected chi connectivity index (χ4v) is 3.28. The highest BCUT2D eigenvalue weighted by Gasteiger charge is 2.41. The van der Waals surface area contributed by atoms with E-state index in [9.17, 15) is 14.4 Å². The molecule has 2 atom stereocenters. The van der Waals surface area contributed by atoms with Crippen LogP contribution >= 0.6 is 0 Å². The van der Waals surface area contributed by atoms with Crippen LogP contribution in [0.25, 0.3) is 0 Å². The molecule has 1 aromatic rings. The number of nitrogens with zero attached hydrogens (tertiary/aromatic N) is 2. The Morgan fingerprint density at radius 3 is 2.87 bits per heavy atom. The SMILES string of the molecule is CCc1[nH]c(=O)ccc1C(=O)N1C[C@@H]2OCCC(=O)N(C)[C@H]2C1. The third-order valence-corrected chi connectivity index (χ3v) is 4.65. The number of ether oxygens (including phenoxy) is 1. The van der Waals surface area contributed by atoms with Gasteiger partial charge in [0.25, 0.3) is 5.91 Å². The van der Waals surface area contributed by atoms with Gasteiger partial charge in [-0.3, -0.25) is 14.4 Å². The van der Waals surface area contributed by atoms with E-state index >= 15 is 0 Å². The summed E-state index contributed by atoms with van der Waals surface area (Å²) in [6, 6.07) is 2.83. The molecule has 0 aromatic carbocycles. The molecule has 0 bridgehead atoms. The minimum atomic E-state index is -0.210. The number of carbonyl (C=O) groups is 2. The lowest BCUT2D eigenvalue weighted by atomic mass is 10.1. The smallest absolute Gasteiger partial charge is 0.255 e. The van der Waals surface area contributed by atoms with E-state index < -0.39 is 0 Å². The molecular weight excluding hydrogens is 298 g/mol. The molecule has 2 aliphatic rings. The summed E-state index contributed by atoms with van der Waals surface area (Å²) >= 11 is 0. The molecule has 0 radical (unpaired) electrons. The predicted molar refractivity (Wildman–Crippen MR) is 83.3 cm³/mol. The van der Waals surface area contributed by atoms with Crippen molar-refractivity contribution in [1.29, 1.82) is 0 Å². The number of aromatic nitrogens is 1. The molecule has 0 aliphatic carbocycles. The Kier molecular flexibility index (Phi) is 4.21. The summed E-state index contributed by atoms with van der Waals surface area (Å²) in [5.41, 5.74) is 0.941. The van der Waals surface area contributed by atoms with Crippen molar-refractivity contribution >= 4 is 11.8 Å². The lowest BCUT2D eigenvalue weighted by Gasteiger charge is -2.25. The lowest BCUT2D eigenvalue weighted by molar-refractivity contribution is -0.131. The van der Waals surface area contributed by atoms with Gasteiger partial charge in [0.2, 0.25) is 11.5 Å². The maximum absolute atomic E-state index is 12.8. The third-order valence-electron chi connectivity index (χ3n) is 4.65. The Labute approximate surface area is 134 Å². The molecule has 1 aromatic heterocycles. The van der Waals surface area contributed by atoms with Gasteiger partial charge in [-0.2, -0.15) is 0 Å². The summed E-state index contributed by atoms with van der Waals surface area (Å²) < 4.78 is 5.75. The first-order valence-electron chi connectivity index (χ1n) is 7.90. The third kappa shape index (κ3) is 2.88. The van der Waals surface area contributed by atoms with Gasteiger partial charge < -0.3 is 19.5 Å². The molecule has 3 rings (SSSR count). The molecule has 2 fully saturated rings. The Bertz CT molecular complexity index is 684. The van der Waals surface area contributed by atoms with Crippen LogP contribution in [0, 0.1) is 0 Å². The largest absolute Gasteiger partial charge is 0.374 e. The fourth-order valence-electron chi connectivity index (χ4n) is 3.28. The molecule has 0 saturated carbocycles. The van der Waals surface area contributed by atoms with Crippen LogP contribution in [0.3, 0.4) is 0 Å². The van der Waals surface area contributed by atoms with Crippen LogP contribution in [-0.2, 0) is 16.0 Å². The Morgan fingerprint density at radius 2 is 2.13 bits per heavy atom. The average molecular weight is 319 g/mol. The van der Waals surface area contributed by atoms with E-state index in [4.69, 9.17) is 4.74 Å². The number of amides is 2. The maximum atomic E-state index is 12.8. The van der Waals surface area contributed by atoms with Crippen LogP contribution in [0.4, 0.5) is 0 Å². The number of aromatic amines is 1. The first-order valence-corrected chi connectivity index (χ1v) is 7.90. The fraction of sp³-hybridized carbons (Fsp3) is 0.562. The van der Waals surface area contributed by atoms with E-state index in [0.29, 0.717) is 43.8 Å². The van der Waals surface area contributed by atoms with Gasteiger partial charge in [-0.25, -0.2) is 0 Å². The van der Waals surface area contributed by atoms with Gasteiger partial charge in [-0.05, 0) is 12.5 Å². The summed E-state index contributed by atoms with van der Waals surface area (Å²) in [6.45, 7) is 3.20. The molecule has 7 nitrogen and oxygen atoms in total. The predicted octanol–water partition coefficient (Wildman–Crippen LogP) is 0.00900. The van der Waals surface area contributed by atoms with Crippen molar-refractivity contribution in [1.82, 2.24) is 14.8 Å². The quantitative estimate of drug-likeness (QED) is 0.832. The number of nitrogens with one attached hydrogen (secondary N) is 1. The average Bonchev–Trinajstić information content (AvgIpc) is 2.92. The molecule has 7 heteroatoms. The highest BCUT2D eigenvalue weighted by molar-refractivity contribution is 5.95. The van der Waals surface area contributed by atoms with Gasteiger partial charge in [-0.1, -0.05) is 6.92 Å². The van der Waals surface area contributed by atoms with Crippen LogP contribution < -0.4 is 5.56 Å². The molecule has 2 saturated heterocycles. The van der Waals surface area contributed by atoms with E-state index in [0.717, 1.165) is 0 Å². The summed E-state index contributed by atoms with van der Waals surface area (Å²) in [5.74, 6) is -0.0827. The maximum Gasteiger partial charge on any atom is 0.255 e. The zero-order valence-corrected chi connectivity index (χ0v) is 13.4. The van der Waals surface area contributed by atoms with E-state index in [2.05, 4.69) is 4.98 Å². The van der Waals surface area contributed by atoms with Crippen LogP contribution in [0.5, 0.6) is 0 Å². The first-order chi connectivity index (χ1) is 11.0. The van der Waals surface area contributed by atoms with Gasteiger partial charge in [-0.15, -0.1) is 0 Å². The first kappa shape index (κ1) is 15.7. The van der Waals surface area contributed by atoms with Crippen molar-refractivity contribution in [3.63, 3.8) is 0 Å². The molecule has 0 unspecified atom stereocenters. The molecule has 2 amide bonds. The van der Waals surface area contributed by atoms with Gasteiger partial charge in [0.1, 0.15) is 0 Å². The lowest BCUT2D eigenvalue weighted by Crippen LogP contribution is -2.43. The molecule has 0 spiro atoms. The van der Waals surface area contributed by atoms with Crippen LogP contribution in [0.1, 0.15) is 29.4 Å². The number of fused-ring (bicyclic) bond motifs is 1. The van der Waals surface area contributed by atoms with Crippen molar-refractivity contribution in [2.45, 2.75) is 31.9 Å². The Balaban J connectivity index is 1.82. The number of hydrogen-bond acceptors (Lipinski definition) is 4. The van der Waals surface area contributed by atoms with E-state index in [-0.39, 0.29) is 29.5 Å². The summed E-state index contributed by atoms with van der Waals surface area (Å²) in [4.78, 5) is 42.3. The van der Waals surface area contributed by atoms with Crippen molar-refractivity contribution in [2.24, 2.45) is 0 Å². The van der Waals surface area contributed by atoms with Gasteiger partial charge in [0.05, 0.1) is 30.7 Å². The number of pyridine rings is 1. The highest BCUT2D eigenvalue weighted by Crippen LogP contribution is 2.24. The summed E-state index contributed by atoms with van der Waals surface area (Å²) in [5, 5.41) is 0. The van der Waals surface area contributed by atoms with Crippen LogP contribution in [0.15, 0.2) is 16.9 Å². The van der Waals surface area contributed by atoms with Crippen LogP contribution in [0.2, 0.25) is 0 Å². The van der Waals surface area contributed by atoms with E-state index in [1.54, 1.807) is 22.9 Å². The summed E-state index contributed by atoms with van der Waals surface area (Å²) in [6.07, 6.45) is 0.813. The number of aryl methyl sites for hydroxylation is 1. The highest BCUT2D eigenvalue weighted by atomic mass is 16.5. The van der Waals surface area contributed by atoms with E-state index in [1.807, 2.05) is 6.92 Å². The van der Waals surface area contributed by atoms with Gasteiger partial charge in [0, 0.05) is 31.9 Å². The molecule has 124 valence electrons. The minimum absolute atomic E-state index is 0.0464.